The highest BCUT2D eigenvalue weighted by Crippen LogP contribution is 2.19. The van der Waals surface area contributed by atoms with E-state index in [2.05, 4.69) is 29.5 Å². The summed E-state index contributed by atoms with van der Waals surface area (Å²) < 4.78 is 0. The summed E-state index contributed by atoms with van der Waals surface area (Å²) in [5.74, 6) is 0.306. The van der Waals surface area contributed by atoms with Crippen molar-refractivity contribution in [3.63, 3.8) is 0 Å². The Bertz CT molecular complexity index is 450. The maximum absolute atomic E-state index is 12.1. The van der Waals surface area contributed by atoms with E-state index < -0.39 is 0 Å². The van der Waals surface area contributed by atoms with Crippen LogP contribution in [-0.2, 0) is 4.79 Å². The lowest BCUT2D eigenvalue weighted by Crippen LogP contribution is -2.26. The Morgan fingerprint density at radius 2 is 2.05 bits per heavy atom. The molecule has 0 atom stereocenters. The highest BCUT2D eigenvalue weighted by molar-refractivity contribution is 6.04. The third-order valence-corrected chi connectivity index (χ3v) is 2.86. The van der Waals surface area contributed by atoms with Gasteiger partial charge in [0.1, 0.15) is 0 Å². The van der Waals surface area contributed by atoms with Crippen LogP contribution in [0, 0.1) is 12.8 Å². The third-order valence-electron chi connectivity index (χ3n) is 2.86. The average Bonchev–Trinajstić information content (AvgIpc) is 2.64. The molecule has 5 heteroatoms. The van der Waals surface area contributed by atoms with Crippen molar-refractivity contribution in [3.8, 4) is 0 Å². The number of aryl methyl sites for hydroxylation is 1. The number of hydrogen-bond donors (Lipinski definition) is 3. The number of nitrogens with one attached hydrogen (secondary N) is 3. The van der Waals surface area contributed by atoms with Crippen LogP contribution in [0.15, 0.2) is 6.20 Å². The summed E-state index contributed by atoms with van der Waals surface area (Å²) >= 11 is 0. The molecule has 1 aromatic heterocycles. The summed E-state index contributed by atoms with van der Waals surface area (Å²) in [6, 6.07) is 0. The molecule has 0 aliphatic heterocycles. The first-order chi connectivity index (χ1) is 8.91. The smallest absolute Gasteiger partial charge is 0.255 e. The van der Waals surface area contributed by atoms with Gasteiger partial charge in [0.05, 0.1) is 11.3 Å². The Hall–Kier alpha value is -1.78. The molecule has 0 saturated heterocycles. The maximum Gasteiger partial charge on any atom is 0.255 e. The number of aromatic amines is 1. The second-order valence-corrected chi connectivity index (χ2v) is 5.18. The molecule has 19 heavy (non-hydrogen) atoms. The zero-order valence-corrected chi connectivity index (χ0v) is 12.1. The van der Waals surface area contributed by atoms with E-state index in [-0.39, 0.29) is 11.8 Å². The molecule has 1 aromatic rings. The first-order valence-electron chi connectivity index (χ1n) is 6.65. The van der Waals surface area contributed by atoms with Crippen LogP contribution in [0.3, 0.4) is 0 Å². The molecular weight excluding hydrogens is 242 g/mol. The minimum atomic E-state index is -0.187. The largest absolute Gasteiger partial charge is 0.363 e. The number of aromatic nitrogens is 1. The van der Waals surface area contributed by atoms with Gasteiger partial charge in [-0.3, -0.25) is 9.59 Å². The topological polar surface area (TPSA) is 74.0 Å². The summed E-state index contributed by atoms with van der Waals surface area (Å²) in [6.07, 6.45) is 3.69. The van der Waals surface area contributed by atoms with E-state index in [0.717, 1.165) is 18.5 Å². The maximum atomic E-state index is 12.1. The van der Waals surface area contributed by atoms with Crippen LogP contribution in [-0.4, -0.2) is 23.3 Å². The van der Waals surface area contributed by atoms with Crippen molar-refractivity contribution < 1.29 is 9.59 Å². The number of hydrogen-bond acceptors (Lipinski definition) is 2. The fourth-order valence-corrected chi connectivity index (χ4v) is 1.91. The molecule has 0 bridgehead atoms. The van der Waals surface area contributed by atoms with Gasteiger partial charge in [-0.1, -0.05) is 13.8 Å². The molecule has 1 heterocycles. The first kappa shape index (κ1) is 15.3. The van der Waals surface area contributed by atoms with E-state index in [9.17, 15) is 9.59 Å². The Morgan fingerprint density at radius 3 is 2.63 bits per heavy atom. The van der Waals surface area contributed by atoms with Gasteiger partial charge in [-0.2, -0.15) is 0 Å². The van der Waals surface area contributed by atoms with Crippen LogP contribution < -0.4 is 10.6 Å². The number of amides is 2. The minimum Gasteiger partial charge on any atom is -0.363 e. The van der Waals surface area contributed by atoms with Gasteiger partial charge in [0.25, 0.3) is 5.91 Å². The van der Waals surface area contributed by atoms with Crippen LogP contribution in [0.2, 0.25) is 0 Å². The normalized spacial score (nSPS) is 10.6. The van der Waals surface area contributed by atoms with Crippen molar-refractivity contribution in [2.75, 3.05) is 11.9 Å². The Kier molecular flexibility index (Phi) is 5.60. The fraction of sp³-hybridized carbons (Fsp3) is 0.571. The summed E-state index contributed by atoms with van der Waals surface area (Å²) in [7, 11) is 0. The number of anilines is 1. The van der Waals surface area contributed by atoms with Gasteiger partial charge in [-0.05, 0) is 25.7 Å². The lowest BCUT2D eigenvalue weighted by molar-refractivity contribution is -0.114. The van der Waals surface area contributed by atoms with E-state index in [1.165, 1.54) is 6.92 Å². The third kappa shape index (κ3) is 4.77. The van der Waals surface area contributed by atoms with Gasteiger partial charge in [-0.15, -0.1) is 0 Å². The highest BCUT2D eigenvalue weighted by Gasteiger charge is 2.16. The molecule has 0 saturated carbocycles. The zero-order chi connectivity index (χ0) is 14.4. The average molecular weight is 265 g/mol. The molecule has 0 radical (unpaired) electrons. The summed E-state index contributed by atoms with van der Waals surface area (Å²) in [6.45, 7) is 8.21. The molecule has 0 aromatic carbocycles. The molecule has 106 valence electrons. The molecule has 0 aliphatic rings. The monoisotopic (exact) mass is 265 g/mol. The van der Waals surface area contributed by atoms with Crippen molar-refractivity contribution in [1.82, 2.24) is 10.3 Å². The van der Waals surface area contributed by atoms with Crippen molar-refractivity contribution in [2.24, 2.45) is 5.92 Å². The predicted octanol–water partition coefficient (Wildman–Crippen LogP) is 2.45. The van der Waals surface area contributed by atoms with Gasteiger partial charge in [0, 0.05) is 25.4 Å². The van der Waals surface area contributed by atoms with Crippen molar-refractivity contribution in [3.05, 3.63) is 17.5 Å². The van der Waals surface area contributed by atoms with Crippen LogP contribution in [0.5, 0.6) is 0 Å². The number of carbonyl (C=O) groups is 2. The lowest BCUT2D eigenvalue weighted by atomic mass is 10.1. The van der Waals surface area contributed by atoms with Crippen molar-refractivity contribution >= 4 is 17.5 Å². The van der Waals surface area contributed by atoms with Gasteiger partial charge in [0.2, 0.25) is 5.91 Å². The van der Waals surface area contributed by atoms with Gasteiger partial charge in [0.15, 0.2) is 0 Å². The van der Waals surface area contributed by atoms with Gasteiger partial charge < -0.3 is 15.6 Å². The molecular formula is C14H23N3O2. The second kappa shape index (κ2) is 6.97. The van der Waals surface area contributed by atoms with E-state index in [4.69, 9.17) is 0 Å². The van der Waals surface area contributed by atoms with Crippen molar-refractivity contribution in [1.29, 1.82) is 0 Å². The molecule has 0 unspecified atom stereocenters. The zero-order valence-electron chi connectivity index (χ0n) is 12.1. The number of carbonyl (C=O) groups excluding carboxylic acids is 2. The first-order valence-corrected chi connectivity index (χ1v) is 6.65. The SMILES string of the molecule is CC(=O)Nc1c[nH]c(C)c1C(=O)NCCCC(C)C. The van der Waals surface area contributed by atoms with E-state index in [0.29, 0.717) is 23.7 Å². The molecule has 0 aliphatic carbocycles. The Labute approximate surface area is 114 Å². The Balaban J connectivity index is 2.60. The van der Waals surface area contributed by atoms with Crippen LogP contribution >= 0.6 is 0 Å². The lowest BCUT2D eigenvalue weighted by Gasteiger charge is -2.08. The summed E-state index contributed by atoms with van der Waals surface area (Å²) in [4.78, 5) is 26.1. The number of H-pyrrole nitrogens is 1. The van der Waals surface area contributed by atoms with Crippen LogP contribution in [0.25, 0.3) is 0 Å². The minimum absolute atomic E-state index is 0.147. The standard InChI is InChI=1S/C14H23N3O2/c1-9(2)6-5-7-15-14(19)13-10(3)16-8-12(13)17-11(4)18/h8-9,16H,5-7H2,1-4H3,(H,15,19)(H,17,18). The van der Waals surface area contributed by atoms with E-state index >= 15 is 0 Å². The molecule has 0 fully saturated rings. The molecule has 1 rings (SSSR count). The van der Waals surface area contributed by atoms with E-state index in [1.807, 2.05) is 6.92 Å². The summed E-state index contributed by atoms with van der Waals surface area (Å²) in [5, 5.41) is 5.54. The molecule has 3 N–H and O–H groups in total. The van der Waals surface area contributed by atoms with Gasteiger partial charge in [-0.25, -0.2) is 0 Å². The summed E-state index contributed by atoms with van der Waals surface area (Å²) in [5.41, 5.74) is 1.80. The quantitative estimate of drug-likeness (QED) is 0.691. The molecule has 5 nitrogen and oxygen atoms in total. The van der Waals surface area contributed by atoms with Crippen molar-refractivity contribution in [2.45, 2.75) is 40.5 Å². The Morgan fingerprint density at radius 1 is 1.37 bits per heavy atom. The van der Waals surface area contributed by atoms with Crippen LogP contribution in [0.1, 0.15) is 49.7 Å². The number of rotatable bonds is 6. The van der Waals surface area contributed by atoms with E-state index in [1.54, 1.807) is 6.20 Å². The fourth-order valence-electron chi connectivity index (χ4n) is 1.91. The molecule has 0 spiro atoms. The second-order valence-electron chi connectivity index (χ2n) is 5.18. The predicted molar refractivity (Wildman–Crippen MR) is 76.2 cm³/mol. The highest BCUT2D eigenvalue weighted by atomic mass is 16.2. The van der Waals surface area contributed by atoms with Crippen LogP contribution in [0.4, 0.5) is 5.69 Å². The molecule has 2 amide bonds. The van der Waals surface area contributed by atoms with Gasteiger partial charge >= 0.3 is 0 Å².